The van der Waals surface area contributed by atoms with Gasteiger partial charge in [-0.3, -0.25) is 14.8 Å². The second-order valence-electron chi connectivity index (χ2n) is 9.69. The van der Waals surface area contributed by atoms with E-state index < -0.39 is 17.3 Å². The van der Waals surface area contributed by atoms with Gasteiger partial charge in [0.2, 0.25) is 11.9 Å². The van der Waals surface area contributed by atoms with Crippen LogP contribution in [0.15, 0.2) is 62.3 Å². The van der Waals surface area contributed by atoms with Gasteiger partial charge in [0.1, 0.15) is 0 Å². The minimum Gasteiger partial charge on any atom is -0.366 e. The monoisotopic (exact) mass is 551 g/mol. The van der Waals surface area contributed by atoms with Crippen molar-refractivity contribution in [2.75, 3.05) is 5.32 Å². The Morgan fingerprint density at radius 1 is 1.27 bits per heavy atom. The maximum Gasteiger partial charge on any atom is 0.355 e. The highest BCUT2D eigenvalue weighted by molar-refractivity contribution is 5.92. The van der Waals surface area contributed by atoms with Crippen LogP contribution in [0.5, 0.6) is 0 Å². The number of nitrogens with zero attached hydrogens (tertiary/aromatic N) is 4. The van der Waals surface area contributed by atoms with Crippen molar-refractivity contribution < 1.29 is 4.79 Å². The van der Waals surface area contributed by atoms with E-state index in [1.807, 2.05) is 26.1 Å². The quantitative estimate of drug-likeness (QED) is 0.103. The minimum atomic E-state index is -0.823. The molecule has 0 aliphatic heterocycles. The van der Waals surface area contributed by atoms with Gasteiger partial charge in [-0.2, -0.15) is 10.2 Å². The number of amides is 1. The summed E-state index contributed by atoms with van der Waals surface area (Å²) in [7, 11) is 0. The van der Waals surface area contributed by atoms with Crippen LogP contribution in [0, 0.1) is 23.2 Å². The van der Waals surface area contributed by atoms with E-state index in [0.29, 0.717) is 6.42 Å². The molecular weight excluding hydrogens is 506 g/mol. The summed E-state index contributed by atoms with van der Waals surface area (Å²) in [5.74, 6) is -0.613. The molecule has 1 heterocycles. The molecule has 218 valence electrons. The van der Waals surface area contributed by atoms with Gasteiger partial charge in [0.05, 0.1) is 25.1 Å². The van der Waals surface area contributed by atoms with E-state index >= 15 is 0 Å². The van der Waals surface area contributed by atoms with Crippen LogP contribution in [0.1, 0.15) is 79.6 Å². The van der Waals surface area contributed by atoms with E-state index in [4.69, 9.17) is 16.0 Å². The van der Waals surface area contributed by atoms with Crippen molar-refractivity contribution in [3.63, 3.8) is 0 Å². The van der Waals surface area contributed by atoms with Crippen LogP contribution in [-0.4, -0.2) is 32.7 Å². The maximum absolute atomic E-state index is 12.8. The number of aromatic nitrogens is 3. The lowest BCUT2D eigenvalue weighted by atomic mass is 9.92. The van der Waals surface area contributed by atoms with Gasteiger partial charge in [-0.25, -0.2) is 14.2 Å². The number of nitrogens with one attached hydrogen (secondary N) is 2. The molecule has 0 spiro atoms. The Morgan fingerprint density at radius 3 is 2.52 bits per heavy atom. The number of carbonyl (C=O) groups excluding carboxylic acids is 1. The van der Waals surface area contributed by atoms with Crippen molar-refractivity contribution in [1.82, 2.24) is 14.5 Å². The van der Waals surface area contributed by atoms with Crippen LogP contribution in [0.4, 0.5) is 5.95 Å². The van der Waals surface area contributed by atoms with Crippen molar-refractivity contribution >= 4 is 18.1 Å². The molecule has 1 aromatic heterocycles. The Morgan fingerprint density at radius 2 is 2.00 bits per heavy atom. The fourth-order valence-corrected chi connectivity index (χ4v) is 4.11. The number of H-pyrrole nitrogens is 1. The number of carbonyl (C=O) groups is 1. The summed E-state index contributed by atoms with van der Waals surface area (Å²) in [5.41, 5.74) is 5.59. The van der Waals surface area contributed by atoms with E-state index in [9.17, 15) is 14.4 Å². The summed E-state index contributed by atoms with van der Waals surface area (Å²) in [5, 5.41) is 12.3. The molecule has 0 bridgehead atoms. The zero-order valence-corrected chi connectivity index (χ0v) is 24.6. The lowest BCUT2D eigenvalue weighted by Gasteiger charge is -2.21. The van der Waals surface area contributed by atoms with Crippen LogP contribution >= 0.6 is 0 Å². The third kappa shape index (κ3) is 11.0. The molecule has 10 heteroatoms. The van der Waals surface area contributed by atoms with Gasteiger partial charge in [0.15, 0.2) is 0 Å². The normalized spacial score (nSPS) is 14.9. The molecule has 1 aromatic rings. The number of aliphatic imine (C=N–C) groups is 1. The number of unbranched alkanes of at least 4 members (excludes halogenated alkanes) is 2. The lowest BCUT2D eigenvalue weighted by Crippen LogP contribution is -2.39. The summed E-state index contributed by atoms with van der Waals surface area (Å²) < 4.78 is 0.806. The first-order valence-electron chi connectivity index (χ1n) is 14.0. The standard InChI is InChI=1S/C30H45N7O3/c1-7-12-13-15-22(19-33-24(10-4)16-17-31)18-26(25(11-5)21(6)9-3)34-28-35-29(39)37(30(40)36-28)20-23(14-8-2)27(32)38/h8,11,14,18-19,21-22,24H,2,7,9-10,12-13,15-16,20H2,1,3-6H3,(H2,32,38)(H2,34,35,36,39,40)/b23-14-,25-11-,26-18+,33-19?. The number of nitriles is 1. The Balaban J connectivity index is 3.57. The van der Waals surface area contributed by atoms with Gasteiger partial charge in [-0.05, 0) is 37.7 Å². The molecule has 1 amide bonds. The predicted octanol–water partition coefficient (Wildman–Crippen LogP) is 4.78. The molecule has 0 saturated carbocycles. The fourth-order valence-electron chi connectivity index (χ4n) is 4.11. The number of anilines is 1. The maximum atomic E-state index is 12.8. The van der Waals surface area contributed by atoms with Crippen LogP contribution in [0.25, 0.3) is 0 Å². The topological polar surface area (TPSA) is 159 Å². The smallest absolute Gasteiger partial charge is 0.355 e. The number of primary amides is 1. The van der Waals surface area contributed by atoms with Gasteiger partial charge in [0, 0.05) is 23.4 Å². The Bertz CT molecular complexity index is 1230. The second kappa shape index (κ2) is 18.3. The summed E-state index contributed by atoms with van der Waals surface area (Å²) in [6, 6.07) is 2.14. The van der Waals surface area contributed by atoms with Gasteiger partial charge < -0.3 is 11.1 Å². The summed E-state index contributed by atoms with van der Waals surface area (Å²) in [6.45, 7) is 13.5. The van der Waals surface area contributed by atoms with Crippen molar-refractivity contribution in [2.24, 2.45) is 22.6 Å². The second-order valence-corrected chi connectivity index (χ2v) is 9.69. The van der Waals surface area contributed by atoms with Gasteiger partial charge >= 0.3 is 11.4 Å². The van der Waals surface area contributed by atoms with E-state index in [-0.39, 0.29) is 35.9 Å². The number of rotatable bonds is 18. The van der Waals surface area contributed by atoms with E-state index in [0.717, 1.165) is 54.4 Å². The molecule has 10 nitrogen and oxygen atoms in total. The van der Waals surface area contributed by atoms with Crippen LogP contribution in [0.3, 0.4) is 0 Å². The third-order valence-electron chi connectivity index (χ3n) is 6.70. The molecule has 0 radical (unpaired) electrons. The number of allylic oxidation sites excluding steroid dienone is 5. The molecule has 0 saturated heterocycles. The van der Waals surface area contributed by atoms with Crippen LogP contribution < -0.4 is 22.4 Å². The van der Waals surface area contributed by atoms with Crippen molar-refractivity contribution in [3.8, 4) is 6.07 Å². The number of nitrogens with two attached hydrogens (primary N) is 1. The molecule has 4 N–H and O–H groups in total. The molecule has 0 fully saturated rings. The SMILES string of the molecule is C=C/C=C(/Cn1c(=O)nc(NC(=C/C(C=NC(CC)CC#N)CCCCC)/C(=C\C)C(C)CC)[nH]c1=O)C(N)=O. The van der Waals surface area contributed by atoms with Crippen molar-refractivity contribution in [1.29, 1.82) is 5.26 Å². The van der Waals surface area contributed by atoms with Gasteiger partial charge in [-0.1, -0.05) is 77.8 Å². The van der Waals surface area contributed by atoms with Crippen LogP contribution in [0.2, 0.25) is 0 Å². The molecule has 0 aliphatic carbocycles. The third-order valence-corrected chi connectivity index (χ3v) is 6.70. The Hall–Kier alpha value is -4.00. The zero-order chi connectivity index (χ0) is 30.1. The largest absolute Gasteiger partial charge is 0.366 e. The number of aromatic amines is 1. The molecule has 40 heavy (non-hydrogen) atoms. The first-order valence-corrected chi connectivity index (χ1v) is 14.0. The van der Waals surface area contributed by atoms with Gasteiger partial charge in [0.25, 0.3) is 0 Å². The average molecular weight is 552 g/mol. The molecule has 1 rings (SSSR count). The van der Waals surface area contributed by atoms with E-state index in [1.54, 1.807) is 0 Å². The van der Waals surface area contributed by atoms with Crippen molar-refractivity contribution in [2.45, 2.75) is 92.2 Å². The fraction of sp³-hybridized carbons (Fsp3) is 0.533. The highest BCUT2D eigenvalue weighted by Gasteiger charge is 2.17. The molecule has 3 atom stereocenters. The first-order chi connectivity index (χ1) is 19.1. The summed E-state index contributed by atoms with van der Waals surface area (Å²) in [4.78, 5) is 48.7. The molecule has 0 aromatic carbocycles. The predicted molar refractivity (Wildman–Crippen MR) is 162 cm³/mol. The number of hydrogen-bond acceptors (Lipinski definition) is 7. The van der Waals surface area contributed by atoms with Crippen molar-refractivity contribution in [3.05, 3.63) is 68.7 Å². The summed E-state index contributed by atoms with van der Waals surface area (Å²) >= 11 is 0. The molecule has 3 unspecified atom stereocenters. The van der Waals surface area contributed by atoms with E-state index in [1.165, 1.54) is 12.2 Å². The highest BCUT2D eigenvalue weighted by atomic mass is 16.2. The Labute approximate surface area is 237 Å². The minimum absolute atomic E-state index is 0.00589. The average Bonchev–Trinajstić information content (AvgIpc) is 2.92. The van der Waals surface area contributed by atoms with Gasteiger partial charge in [-0.15, -0.1) is 0 Å². The first kappa shape index (κ1) is 34.0. The molecular formula is C30H45N7O3. The lowest BCUT2D eigenvalue weighted by molar-refractivity contribution is -0.114. The van der Waals surface area contributed by atoms with E-state index in [2.05, 4.69) is 54.8 Å². The van der Waals surface area contributed by atoms with Crippen LogP contribution in [-0.2, 0) is 11.3 Å². The zero-order valence-electron chi connectivity index (χ0n) is 24.6. The Kier molecular flexibility index (Phi) is 15.6. The number of hydrogen-bond donors (Lipinski definition) is 3. The molecule has 0 aliphatic rings. The highest BCUT2D eigenvalue weighted by Crippen LogP contribution is 2.25. The summed E-state index contributed by atoms with van der Waals surface area (Å²) in [6.07, 6.45) is 14.7.